The number of anilines is 1. The van der Waals surface area contributed by atoms with Gasteiger partial charge in [0, 0.05) is 0 Å². The average molecular weight is 373 g/mol. The van der Waals surface area contributed by atoms with Crippen LogP contribution in [-0.2, 0) is 10.0 Å². The van der Waals surface area contributed by atoms with E-state index < -0.39 is 25.5 Å². The van der Waals surface area contributed by atoms with Gasteiger partial charge in [-0.3, -0.25) is 14.8 Å². The number of methoxy groups -OCH3 is 2. The van der Waals surface area contributed by atoms with Crippen LogP contribution in [0.1, 0.15) is 0 Å². The molecule has 0 fully saturated rings. The molecule has 0 spiro atoms. The SMILES string of the molecule is COc1ccc(S(=O)(=O)Nc2ccc(OC)c(Cl)c2)c([N+](=O)[O-])c1. The molecule has 2 aromatic rings. The number of halogens is 1. The molecular formula is C14H13ClN2O6S. The third-order valence-electron chi connectivity index (χ3n) is 3.06. The molecule has 0 saturated heterocycles. The molecule has 0 amide bonds. The Morgan fingerprint density at radius 2 is 1.83 bits per heavy atom. The van der Waals surface area contributed by atoms with Crippen LogP contribution < -0.4 is 14.2 Å². The fraction of sp³-hybridized carbons (Fsp3) is 0.143. The summed E-state index contributed by atoms with van der Waals surface area (Å²) in [7, 11) is -1.45. The number of hydrogen-bond acceptors (Lipinski definition) is 6. The molecule has 0 aliphatic rings. The van der Waals surface area contributed by atoms with Crippen molar-refractivity contribution in [3.05, 3.63) is 51.5 Å². The Balaban J connectivity index is 2.44. The Labute approximate surface area is 143 Å². The van der Waals surface area contributed by atoms with Crippen molar-refractivity contribution in [2.24, 2.45) is 0 Å². The molecule has 2 rings (SSSR count). The van der Waals surface area contributed by atoms with Crippen LogP contribution in [0.15, 0.2) is 41.3 Å². The minimum absolute atomic E-state index is 0.144. The lowest BCUT2D eigenvalue weighted by Crippen LogP contribution is -2.14. The number of nitrogens with zero attached hydrogens (tertiary/aromatic N) is 1. The van der Waals surface area contributed by atoms with Crippen molar-refractivity contribution in [1.29, 1.82) is 0 Å². The van der Waals surface area contributed by atoms with Crippen LogP contribution in [0.2, 0.25) is 5.02 Å². The van der Waals surface area contributed by atoms with Crippen molar-refractivity contribution in [3.63, 3.8) is 0 Å². The van der Waals surface area contributed by atoms with Crippen LogP contribution in [-0.4, -0.2) is 27.6 Å². The number of nitro benzene ring substituents is 1. The largest absolute Gasteiger partial charge is 0.497 e. The van der Waals surface area contributed by atoms with E-state index in [4.69, 9.17) is 21.1 Å². The molecule has 0 radical (unpaired) electrons. The summed E-state index contributed by atoms with van der Waals surface area (Å²) in [5.74, 6) is 0.545. The zero-order valence-corrected chi connectivity index (χ0v) is 14.2. The first-order valence-corrected chi connectivity index (χ1v) is 8.33. The van der Waals surface area contributed by atoms with Crippen LogP contribution in [0.4, 0.5) is 11.4 Å². The van der Waals surface area contributed by atoms with Crippen LogP contribution in [0.5, 0.6) is 11.5 Å². The number of sulfonamides is 1. The molecule has 1 N–H and O–H groups in total. The monoisotopic (exact) mass is 372 g/mol. The predicted molar refractivity (Wildman–Crippen MR) is 88.5 cm³/mol. The first-order valence-electron chi connectivity index (χ1n) is 6.47. The Bertz CT molecular complexity index is 885. The summed E-state index contributed by atoms with van der Waals surface area (Å²) >= 11 is 5.94. The summed E-state index contributed by atoms with van der Waals surface area (Å²) in [5, 5.41) is 11.3. The van der Waals surface area contributed by atoms with Crippen molar-refractivity contribution in [1.82, 2.24) is 0 Å². The van der Waals surface area contributed by atoms with Gasteiger partial charge >= 0.3 is 0 Å². The second kappa shape index (κ2) is 6.93. The van der Waals surface area contributed by atoms with Crippen LogP contribution in [0.25, 0.3) is 0 Å². The third-order valence-corrected chi connectivity index (χ3v) is 4.78. The van der Waals surface area contributed by atoms with Gasteiger partial charge in [0.15, 0.2) is 4.90 Å². The van der Waals surface area contributed by atoms with Gasteiger partial charge in [-0.25, -0.2) is 8.42 Å². The van der Waals surface area contributed by atoms with Gasteiger partial charge in [-0.1, -0.05) is 11.6 Å². The van der Waals surface area contributed by atoms with Crippen LogP contribution in [0.3, 0.4) is 0 Å². The number of rotatable bonds is 6. The highest BCUT2D eigenvalue weighted by Gasteiger charge is 2.26. The lowest BCUT2D eigenvalue weighted by Gasteiger charge is -2.11. The molecule has 0 aromatic heterocycles. The van der Waals surface area contributed by atoms with E-state index in [1.54, 1.807) is 0 Å². The summed E-state index contributed by atoms with van der Waals surface area (Å²) in [5.41, 5.74) is -0.452. The number of nitro groups is 1. The van der Waals surface area contributed by atoms with Crippen molar-refractivity contribution in [2.75, 3.05) is 18.9 Å². The molecule has 24 heavy (non-hydrogen) atoms. The summed E-state index contributed by atoms with van der Waals surface area (Å²) < 4.78 is 37.0. The highest BCUT2D eigenvalue weighted by atomic mass is 35.5. The molecule has 0 aliphatic carbocycles. The second-order valence-corrected chi connectivity index (χ2v) is 6.60. The van der Waals surface area contributed by atoms with E-state index in [2.05, 4.69) is 4.72 Å². The summed E-state index contributed by atoms with van der Waals surface area (Å²) in [6.07, 6.45) is 0. The summed E-state index contributed by atoms with van der Waals surface area (Å²) in [6.45, 7) is 0. The van der Waals surface area contributed by atoms with Gasteiger partial charge < -0.3 is 9.47 Å². The van der Waals surface area contributed by atoms with E-state index >= 15 is 0 Å². The zero-order valence-electron chi connectivity index (χ0n) is 12.6. The van der Waals surface area contributed by atoms with Crippen molar-refractivity contribution in [3.8, 4) is 11.5 Å². The van der Waals surface area contributed by atoms with Gasteiger partial charge in [0.05, 0.1) is 35.9 Å². The first-order chi connectivity index (χ1) is 11.3. The quantitative estimate of drug-likeness (QED) is 0.616. The van der Waals surface area contributed by atoms with E-state index in [1.807, 2.05) is 0 Å². The minimum Gasteiger partial charge on any atom is -0.497 e. The van der Waals surface area contributed by atoms with Gasteiger partial charge in [-0.05, 0) is 30.3 Å². The smallest absolute Gasteiger partial charge is 0.293 e. The highest BCUT2D eigenvalue weighted by Crippen LogP contribution is 2.32. The number of hydrogen-bond donors (Lipinski definition) is 1. The van der Waals surface area contributed by atoms with Crippen molar-refractivity contribution in [2.45, 2.75) is 4.90 Å². The van der Waals surface area contributed by atoms with E-state index in [-0.39, 0.29) is 16.5 Å². The maximum Gasteiger partial charge on any atom is 0.293 e. The van der Waals surface area contributed by atoms with Gasteiger partial charge in [0.2, 0.25) is 0 Å². The molecule has 0 saturated carbocycles. The Morgan fingerprint density at radius 1 is 1.12 bits per heavy atom. The van der Waals surface area contributed by atoms with E-state index in [0.29, 0.717) is 5.75 Å². The number of benzene rings is 2. The summed E-state index contributed by atoms with van der Waals surface area (Å²) in [4.78, 5) is 9.87. The lowest BCUT2D eigenvalue weighted by atomic mass is 10.3. The molecule has 128 valence electrons. The van der Waals surface area contributed by atoms with E-state index in [1.165, 1.54) is 38.5 Å². The Morgan fingerprint density at radius 3 is 2.38 bits per heavy atom. The lowest BCUT2D eigenvalue weighted by molar-refractivity contribution is -0.387. The van der Waals surface area contributed by atoms with Crippen molar-refractivity contribution >= 4 is 33.0 Å². The van der Waals surface area contributed by atoms with Gasteiger partial charge in [0.1, 0.15) is 11.5 Å². The van der Waals surface area contributed by atoms with E-state index in [0.717, 1.165) is 12.1 Å². The van der Waals surface area contributed by atoms with Gasteiger partial charge in [-0.15, -0.1) is 0 Å². The van der Waals surface area contributed by atoms with Gasteiger partial charge in [-0.2, -0.15) is 0 Å². The standard InChI is InChI=1S/C14H13ClN2O6S/c1-22-10-4-6-14(12(8-10)17(18)19)24(20,21)16-9-3-5-13(23-2)11(15)7-9/h3-8,16H,1-2H3. The molecular weight excluding hydrogens is 360 g/mol. The average Bonchev–Trinajstić information content (AvgIpc) is 2.54. The second-order valence-electron chi connectivity index (χ2n) is 4.55. The summed E-state index contributed by atoms with van der Waals surface area (Å²) in [6, 6.07) is 7.70. The number of nitrogens with one attached hydrogen (secondary N) is 1. The fourth-order valence-corrected chi connectivity index (χ4v) is 3.39. The molecule has 0 unspecified atom stereocenters. The van der Waals surface area contributed by atoms with Crippen molar-refractivity contribution < 1.29 is 22.8 Å². The number of ether oxygens (including phenoxy) is 2. The van der Waals surface area contributed by atoms with Crippen LogP contribution >= 0.6 is 11.6 Å². The molecule has 0 atom stereocenters. The van der Waals surface area contributed by atoms with E-state index in [9.17, 15) is 18.5 Å². The topological polar surface area (TPSA) is 108 Å². The fourth-order valence-electron chi connectivity index (χ4n) is 1.93. The molecule has 10 heteroatoms. The minimum atomic E-state index is -4.20. The molecule has 0 bridgehead atoms. The predicted octanol–water partition coefficient (Wildman–Crippen LogP) is 3.07. The maximum atomic E-state index is 12.5. The molecule has 8 nitrogen and oxygen atoms in total. The Hall–Kier alpha value is -2.52. The molecule has 0 heterocycles. The maximum absolute atomic E-state index is 12.5. The normalized spacial score (nSPS) is 11.0. The van der Waals surface area contributed by atoms with Gasteiger partial charge in [0.25, 0.3) is 15.7 Å². The van der Waals surface area contributed by atoms with Crippen LogP contribution in [0, 0.1) is 10.1 Å². The molecule has 2 aromatic carbocycles. The third kappa shape index (κ3) is 3.69. The first kappa shape index (κ1) is 17.8. The zero-order chi connectivity index (χ0) is 17.9. The molecule has 0 aliphatic heterocycles. The Kier molecular flexibility index (Phi) is 5.15. The highest BCUT2D eigenvalue weighted by molar-refractivity contribution is 7.92.